The summed E-state index contributed by atoms with van der Waals surface area (Å²) in [5, 5.41) is 6.91. The maximum atomic E-state index is 5.86. The van der Waals surface area contributed by atoms with Crippen LogP contribution in [0.15, 0.2) is 16.6 Å². The highest BCUT2D eigenvalue weighted by atomic mass is 127. The molecular formula is C15H26IN3O2. The van der Waals surface area contributed by atoms with E-state index in [1.54, 1.807) is 0 Å². The molecule has 0 radical (unpaired) electrons. The number of nitrogens with zero attached hydrogens (tertiary/aromatic N) is 1. The lowest BCUT2D eigenvalue weighted by Gasteiger charge is -2.23. The zero-order valence-electron chi connectivity index (χ0n) is 12.6. The second kappa shape index (κ2) is 8.33. The smallest absolute Gasteiger partial charge is 0.191 e. The molecule has 0 amide bonds. The fraction of sp³-hybridized carbons (Fsp3) is 0.800. The van der Waals surface area contributed by atoms with Crippen LogP contribution in [-0.4, -0.2) is 51.0 Å². The van der Waals surface area contributed by atoms with Crippen LogP contribution in [0.25, 0.3) is 0 Å². The first-order valence-corrected chi connectivity index (χ1v) is 7.73. The highest BCUT2D eigenvalue weighted by Gasteiger charge is 2.41. The third-order valence-corrected chi connectivity index (χ3v) is 4.45. The van der Waals surface area contributed by atoms with E-state index in [1.165, 1.54) is 18.4 Å². The number of ether oxygens (including phenoxy) is 2. The van der Waals surface area contributed by atoms with Gasteiger partial charge in [0.25, 0.3) is 0 Å². The Hall–Kier alpha value is -0.340. The van der Waals surface area contributed by atoms with Crippen molar-refractivity contribution in [3.8, 4) is 0 Å². The van der Waals surface area contributed by atoms with Crippen LogP contribution in [-0.2, 0) is 9.47 Å². The molecule has 0 aromatic heterocycles. The van der Waals surface area contributed by atoms with Crippen molar-refractivity contribution in [2.45, 2.75) is 50.4 Å². The lowest BCUT2D eigenvalue weighted by molar-refractivity contribution is 0.0992. The Morgan fingerprint density at radius 3 is 2.95 bits per heavy atom. The molecular weight excluding hydrogens is 381 g/mol. The van der Waals surface area contributed by atoms with Crippen LogP contribution < -0.4 is 10.6 Å². The highest BCUT2D eigenvalue weighted by Crippen LogP contribution is 2.34. The van der Waals surface area contributed by atoms with Crippen LogP contribution in [0.1, 0.15) is 32.1 Å². The Labute approximate surface area is 144 Å². The minimum absolute atomic E-state index is 0. The van der Waals surface area contributed by atoms with Gasteiger partial charge in [-0.2, -0.15) is 0 Å². The first kappa shape index (κ1) is 17.0. The van der Waals surface area contributed by atoms with E-state index in [1.807, 2.05) is 7.05 Å². The topological polar surface area (TPSA) is 54.9 Å². The van der Waals surface area contributed by atoms with Crippen molar-refractivity contribution in [1.82, 2.24) is 10.6 Å². The number of hydrogen-bond donors (Lipinski definition) is 2. The summed E-state index contributed by atoms with van der Waals surface area (Å²) in [4.78, 5) is 4.31. The van der Waals surface area contributed by atoms with Crippen molar-refractivity contribution < 1.29 is 9.47 Å². The van der Waals surface area contributed by atoms with Gasteiger partial charge in [0, 0.05) is 13.6 Å². The summed E-state index contributed by atoms with van der Waals surface area (Å²) in [5.41, 5.74) is 1.49. The summed E-state index contributed by atoms with van der Waals surface area (Å²) in [6.07, 6.45) is 8.72. The Bertz CT molecular complexity index is 400. The third-order valence-electron chi connectivity index (χ3n) is 4.45. The van der Waals surface area contributed by atoms with E-state index in [9.17, 15) is 0 Å². The van der Waals surface area contributed by atoms with Gasteiger partial charge in [-0.25, -0.2) is 0 Å². The molecule has 2 bridgehead atoms. The number of guanidine groups is 1. The highest BCUT2D eigenvalue weighted by molar-refractivity contribution is 14.0. The molecule has 0 saturated carbocycles. The largest absolute Gasteiger partial charge is 0.377 e. The average Bonchev–Trinajstić information content (AvgIpc) is 3.10. The molecule has 2 fully saturated rings. The van der Waals surface area contributed by atoms with Crippen LogP contribution in [0.3, 0.4) is 0 Å². The molecule has 5 nitrogen and oxygen atoms in total. The van der Waals surface area contributed by atoms with Gasteiger partial charge in [-0.1, -0.05) is 11.6 Å². The van der Waals surface area contributed by atoms with Gasteiger partial charge in [0.15, 0.2) is 5.96 Å². The fourth-order valence-electron chi connectivity index (χ4n) is 3.29. The van der Waals surface area contributed by atoms with Gasteiger partial charge in [0.1, 0.15) is 0 Å². The molecule has 3 unspecified atom stereocenters. The Kier molecular flexibility index (Phi) is 6.75. The van der Waals surface area contributed by atoms with E-state index in [-0.39, 0.29) is 24.0 Å². The van der Waals surface area contributed by atoms with Crippen molar-refractivity contribution in [2.24, 2.45) is 4.99 Å². The molecule has 6 heteroatoms. The van der Waals surface area contributed by atoms with Crippen LogP contribution in [0.2, 0.25) is 0 Å². The third kappa shape index (κ3) is 4.56. The van der Waals surface area contributed by atoms with Crippen molar-refractivity contribution in [2.75, 3.05) is 26.8 Å². The van der Waals surface area contributed by atoms with Crippen molar-refractivity contribution in [3.63, 3.8) is 0 Å². The predicted octanol–water partition coefficient (Wildman–Crippen LogP) is 1.83. The maximum absolute atomic E-state index is 5.86. The molecule has 21 heavy (non-hydrogen) atoms. The van der Waals surface area contributed by atoms with E-state index in [0.717, 1.165) is 45.0 Å². The van der Waals surface area contributed by atoms with Gasteiger partial charge in [0.05, 0.1) is 31.5 Å². The molecule has 0 aromatic carbocycles. The zero-order chi connectivity index (χ0) is 13.8. The molecule has 0 aliphatic carbocycles. The SMILES string of the molecule is CN=C(NCCC1=CCOCC1)NC1CC2CCC1O2.I. The van der Waals surface area contributed by atoms with Gasteiger partial charge in [0.2, 0.25) is 0 Å². The number of halogens is 1. The molecule has 120 valence electrons. The van der Waals surface area contributed by atoms with Gasteiger partial charge in [-0.05, 0) is 32.1 Å². The standard InChI is InChI=1S/C15H25N3O2.HI/c1-16-15(17-7-4-11-5-8-19-9-6-11)18-13-10-12-2-3-14(13)20-12;/h5,12-14H,2-4,6-10H2,1H3,(H2,16,17,18);1H. The van der Waals surface area contributed by atoms with Gasteiger partial charge < -0.3 is 20.1 Å². The monoisotopic (exact) mass is 407 g/mol. The Morgan fingerprint density at radius 2 is 2.33 bits per heavy atom. The second-order valence-corrected chi connectivity index (χ2v) is 5.80. The molecule has 2 N–H and O–H groups in total. The van der Waals surface area contributed by atoms with E-state index >= 15 is 0 Å². The number of hydrogen-bond acceptors (Lipinski definition) is 3. The van der Waals surface area contributed by atoms with Gasteiger partial charge >= 0.3 is 0 Å². The fourth-order valence-corrected chi connectivity index (χ4v) is 3.29. The van der Waals surface area contributed by atoms with E-state index < -0.39 is 0 Å². The molecule has 0 spiro atoms. The van der Waals surface area contributed by atoms with Crippen LogP contribution >= 0.6 is 24.0 Å². The number of fused-ring (bicyclic) bond motifs is 2. The molecule has 0 aromatic rings. The molecule has 3 rings (SSSR count). The van der Waals surface area contributed by atoms with Crippen molar-refractivity contribution in [3.05, 3.63) is 11.6 Å². The second-order valence-electron chi connectivity index (χ2n) is 5.80. The summed E-state index contributed by atoms with van der Waals surface area (Å²) >= 11 is 0. The van der Waals surface area contributed by atoms with E-state index in [0.29, 0.717) is 18.2 Å². The quantitative estimate of drug-likeness (QED) is 0.323. The number of rotatable bonds is 4. The van der Waals surface area contributed by atoms with E-state index in [2.05, 4.69) is 21.7 Å². The molecule has 2 saturated heterocycles. The summed E-state index contributed by atoms with van der Waals surface area (Å²) < 4.78 is 11.2. The molecule has 3 aliphatic heterocycles. The summed E-state index contributed by atoms with van der Waals surface area (Å²) in [5.74, 6) is 0.902. The maximum Gasteiger partial charge on any atom is 0.191 e. The zero-order valence-corrected chi connectivity index (χ0v) is 15.0. The Morgan fingerprint density at radius 1 is 1.43 bits per heavy atom. The lowest BCUT2D eigenvalue weighted by atomic mass is 9.96. The summed E-state index contributed by atoms with van der Waals surface area (Å²) in [6, 6.07) is 0.433. The predicted molar refractivity (Wildman–Crippen MR) is 94.3 cm³/mol. The first-order valence-electron chi connectivity index (χ1n) is 7.73. The summed E-state index contributed by atoms with van der Waals surface area (Å²) in [6.45, 7) is 2.55. The number of nitrogens with one attached hydrogen (secondary N) is 2. The molecule has 3 aliphatic rings. The van der Waals surface area contributed by atoms with Gasteiger partial charge in [-0.3, -0.25) is 4.99 Å². The van der Waals surface area contributed by atoms with Crippen molar-refractivity contribution in [1.29, 1.82) is 0 Å². The Balaban J connectivity index is 0.00000161. The average molecular weight is 407 g/mol. The number of aliphatic imine (C=N–C) groups is 1. The van der Waals surface area contributed by atoms with Crippen LogP contribution in [0, 0.1) is 0 Å². The summed E-state index contributed by atoms with van der Waals surface area (Å²) in [7, 11) is 1.83. The van der Waals surface area contributed by atoms with Gasteiger partial charge in [-0.15, -0.1) is 24.0 Å². The van der Waals surface area contributed by atoms with Crippen molar-refractivity contribution >= 4 is 29.9 Å². The minimum atomic E-state index is 0. The normalized spacial score (nSPS) is 31.6. The first-order chi connectivity index (χ1) is 9.85. The minimum Gasteiger partial charge on any atom is -0.377 e. The lowest BCUT2D eigenvalue weighted by Crippen LogP contribution is -2.47. The van der Waals surface area contributed by atoms with Crippen LogP contribution in [0.5, 0.6) is 0 Å². The molecule has 3 atom stereocenters. The van der Waals surface area contributed by atoms with Crippen LogP contribution in [0.4, 0.5) is 0 Å². The van der Waals surface area contributed by atoms with E-state index in [4.69, 9.17) is 9.47 Å². The molecule has 3 heterocycles.